The molecule has 0 aliphatic heterocycles. The van der Waals surface area contributed by atoms with Gasteiger partial charge in [-0.2, -0.15) is 5.10 Å². The van der Waals surface area contributed by atoms with Crippen LogP contribution >= 0.6 is 0 Å². The lowest BCUT2D eigenvalue weighted by molar-refractivity contribution is 0.101. The van der Waals surface area contributed by atoms with Gasteiger partial charge in [-0.1, -0.05) is 0 Å². The molecule has 0 fully saturated rings. The van der Waals surface area contributed by atoms with Crippen LogP contribution in [-0.2, 0) is 7.05 Å². The molecule has 0 aliphatic carbocycles. The van der Waals surface area contributed by atoms with E-state index in [1.165, 1.54) is 13.1 Å². The van der Waals surface area contributed by atoms with Gasteiger partial charge in [0.25, 0.3) is 5.91 Å². The van der Waals surface area contributed by atoms with E-state index < -0.39 is 40.7 Å². The molecule has 0 saturated carbocycles. The average Bonchev–Trinajstić information content (AvgIpc) is 2.78. The minimum atomic E-state index is -2.29. The van der Waals surface area contributed by atoms with Gasteiger partial charge < -0.3 is 5.32 Å². The molecule has 0 saturated heterocycles. The molecule has 1 aromatic heterocycles. The van der Waals surface area contributed by atoms with E-state index in [0.717, 1.165) is 4.68 Å². The van der Waals surface area contributed by atoms with E-state index in [-0.39, 0.29) is 5.69 Å². The van der Waals surface area contributed by atoms with Gasteiger partial charge in [0.15, 0.2) is 23.3 Å². The number of aryl methyl sites for hydroxylation is 2. The Hall–Kier alpha value is -2.45. The molecule has 4 nitrogen and oxygen atoms in total. The molecular formula is C12H8F5N3O. The van der Waals surface area contributed by atoms with Crippen molar-refractivity contribution in [1.82, 2.24) is 9.78 Å². The predicted octanol–water partition coefficient (Wildman–Crippen LogP) is 2.68. The van der Waals surface area contributed by atoms with E-state index in [2.05, 4.69) is 5.10 Å². The minimum absolute atomic E-state index is 0.101. The van der Waals surface area contributed by atoms with Gasteiger partial charge in [-0.3, -0.25) is 9.48 Å². The SMILES string of the molecule is Cc1cc(C(=O)Nc2c(F)c(F)c(F)c(F)c2F)n(C)n1. The quantitative estimate of drug-likeness (QED) is 0.527. The van der Waals surface area contributed by atoms with E-state index in [0.29, 0.717) is 5.69 Å². The number of benzene rings is 1. The van der Waals surface area contributed by atoms with Crippen molar-refractivity contribution < 1.29 is 26.7 Å². The van der Waals surface area contributed by atoms with Crippen LogP contribution in [0.3, 0.4) is 0 Å². The molecule has 0 bridgehead atoms. The minimum Gasteiger partial charge on any atom is -0.316 e. The Kier molecular flexibility index (Phi) is 3.67. The fourth-order valence-corrected chi connectivity index (χ4v) is 1.72. The number of nitrogens with one attached hydrogen (secondary N) is 1. The van der Waals surface area contributed by atoms with Crippen molar-refractivity contribution in [1.29, 1.82) is 0 Å². The molecule has 1 aromatic carbocycles. The maximum Gasteiger partial charge on any atom is 0.274 e. The molecule has 0 atom stereocenters. The Bertz CT molecular complexity index is 712. The first-order valence-electron chi connectivity index (χ1n) is 5.57. The van der Waals surface area contributed by atoms with Crippen molar-refractivity contribution in [3.05, 3.63) is 46.5 Å². The number of carbonyl (C=O) groups excluding carboxylic acids is 1. The van der Waals surface area contributed by atoms with Crippen LogP contribution in [0.2, 0.25) is 0 Å². The highest BCUT2D eigenvalue weighted by Crippen LogP contribution is 2.27. The topological polar surface area (TPSA) is 46.9 Å². The number of carbonyl (C=O) groups is 1. The van der Waals surface area contributed by atoms with Crippen LogP contribution in [0.25, 0.3) is 0 Å². The molecular weight excluding hydrogens is 297 g/mol. The van der Waals surface area contributed by atoms with Crippen molar-refractivity contribution in [3.8, 4) is 0 Å². The highest BCUT2D eigenvalue weighted by molar-refractivity contribution is 6.03. The number of nitrogens with zero attached hydrogens (tertiary/aromatic N) is 2. The van der Waals surface area contributed by atoms with Gasteiger partial charge in [0.1, 0.15) is 11.4 Å². The third kappa shape index (κ3) is 2.46. The number of amides is 1. The largest absolute Gasteiger partial charge is 0.316 e. The lowest BCUT2D eigenvalue weighted by Crippen LogP contribution is -2.19. The van der Waals surface area contributed by atoms with Crippen molar-refractivity contribution in [2.75, 3.05) is 5.32 Å². The molecule has 0 unspecified atom stereocenters. The number of hydrogen-bond acceptors (Lipinski definition) is 2. The number of rotatable bonds is 2. The summed E-state index contributed by atoms with van der Waals surface area (Å²) >= 11 is 0. The summed E-state index contributed by atoms with van der Waals surface area (Å²) < 4.78 is 66.8. The Labute approximate surface area is 115 Å². The van der Waals surface area contributed by atoms with Crippen molar-refractivity contribution >= 4 is 11.6 Å². The van der Waals surface area contributed by atoms with Crippen LogP contribution in [0.1, 0.15) is 16.2 Å². The second-order valence-corrected chi connectivity index (χ2v) is 4.19. The van der Waals surface area contributed by atoms with Crippen LogP contribution in [0, 0.1) is 36.0 Å². The molecule has 2 rings (SSSR count). The maximum atomic E-state index is 13.4. The summed E-state index contributed by atoms with van der Waals surface area (Å²) in [5.74, 6) is -11.8. The molecule has 0 spiro atoms. The van der Waals surface area contributed by atoms with Gasteiger partial charge in [0.2, 0.25) is 5.82 Å². The van der Waals surface area contributed by atoms with Crippen molar-refractivity contribution in [2.45, 2.75) is 6.92 Å². The lowest BCUT2D eigenvalue weighted by atomic mass is 10.2. The summed E-state index contributed by atoms with van der Waals surface area (Å²) in [6, 6.07) is 1.29. The fraction of sp³-hybridized carbons (Fsp3) is 0.167. The highest BCUT2D eigenvalue weighted by Gasteiger charge is 2.27. The van der Waals surface area contributed by atoms with Gasteiger partial charge in [-0.05, 0) is 13.0 Å². The fourth-order valence-electron chi connectivity index (χ4n) is 1.72. The van der Waals surface area contributed by atoms with Crippen LogP contribution in [0.5, 0.6) is 0 Å². The smallest absolute Gasteiger partial charge is 0.274 e. The molecule has 2 aromatic rings. The Morgan fingerprint density at radius 3 is 1.95 bits per heavy atom. The van der Waals surface area contributed by atoms with Crippen LogP contribution in [0.15, 0.2) is 6.07 Å². The molecule has 0 radical (unpaired) electrons. The average molecular weight is 305 g/mol. The van der Waals surface area contributed by atoms with Crippen molar-refractivity contribution in [3.63, 3.8) is 0 Å². The third-order valence-electron chi connectivity index (χ3n) is 2.68. The summed E-state index contributed by atoms with van der Waals surface area (Å²) in [6.45, 7) is 1.56. The lowest BCUT2D eigenvalue weighted by Gasteiger charge is -2.09. The van der Waals surface area contributed by atoms with Gasteiger partial charge in [0.05, 0.1) is 5.69 Å². The first kappa shape index (κ1) is 14.9. The zero-order valence-electron chi connectivity index (χ0n) is 10.8. The zero-order chi connectivity index (χ0) is 15.9. The molecule has 1 heterocycles. The second-order valence-electron chi connectivity index (χ2n) is 4.19. The van der Waals surface area contributed by atoms with E-state index in [4.69, 9.17) is 0 Å². The van der Waals surface area contributed by atoms with E-state index in [1.807, 2.05) is 0 Å². The molecule has 112 valence electrons. The maximum absolute atomic E-state index is 13.4. The predicted molar refractivity (Wildman–Crippen MR) is 62.1 cm³/mol. The van der Waals surface area contributed by atoms with E-state index in [1.54, 1.807) is 12.2 Å². The van der Waals surface area contributed by atoms with Crippen molar-refractivity contribution in [2.24, 2.45) is 7.05 Å². The number of aromatic nitrogens is 2. The van der Waals surface area contributed by atoms with E-state index in [9.17, 15) is 26.7 Å². The molecule has 21 heavy (non-hydrogen) atoms. The van der Waals surface area contributed by atoms with E-state index >= 15 is 0 Å². The summed E-state index contributed by atoms with van der Waals surface area (Å²) in [4.78, 5) is 11.8. The molecule has 1 N–H and O–H groups in total. The van der Waals surface area contributed by atoms with Crippen LogP contribution in [0.4, 0.5) is 27.6 Å². The Morgan fingerprint density at radius 2 is 1.52 bits per heavy atom. The summed E-state index contributed by atoms with van der Waals surface area (Å²) in [6.07, 6.45) is 0. The Balaban J connectivity index is 2.45. The highest BCUT2D eigenvalue weighted by atomic mass is 19.2. The summed E-state index contributed by atoms with van der Waals surface area (Å²) in [7, 11) is 1.39. The van der Waals surface area contributed by atoms with Gasteiger partial charge in [-0.25, -0.2) is 22.0 Å². The zero-order valence-corrected chi connectivity index (χ0v) is 10.8. The number of halogens is 5. The van der Waals surface area contributed by atoms with Crippen LogP contribution < -0.4 is 5.32 Å². The Morgan fingerprint density at radius 1 is 1.05 bits per heavy atom. The van der Waals surface area contributed by atoms with Gasteiger partial charge in [-0.15, -0.1) is 0 Å². The number of hydrogen-bond donors (Lipinski definition) is 1. The number of anilines is 1. The molecule has 1 amide bonds. The van der Waals surface area contributed by atoms with Gasteiger partial charge in [0, 0.05) is 7.05 Å². The first-order chi connectivity index (χ1) is 9.73. The first-order valence-corrected chi connectivity index (χ1v) is 5.57. The standard InChI is InChI=1S/C12H8F5N3O/c1-4-3-5(20(2)19-4)12(21)18-11-9(16)7(14)6(13)8(15)10(11)17/h3H,1-2H3,(H,18,21). The molecule has 0 aliphatic rings. The van der Waals surface area contributed by atoms with Crippen LogP contribution in [-0.4, -0.2) is 15.7 Å². The van der Waals surface area contributed by atoms with Gasteiger partial charge >= 0.3 is 0 Å². The normalized spacial score (nSPS) is 10.8. The summed E-state index contributed by atoms with van der Waals surface area (Å²) in [5, 5.41) is 5.49. The summed E-state index contributed by atoms with van der Waals surface area (Å²) in [5.41, 5.74) is -1.06. The molecule has 9 heteroatoms. The second kappa shape index (κ2) is 5.15. The third-order valence-corrected chi connectivity index (χ3v) is 2.68. The monoisotopic (exact) mass is 305 g/mol.